The van der Waals surface area contributed by atoms with Crippen LogP contribution in [0.1, 0.15) is 36.2 Å². The molecule has 0 amide bonds. The first kappa shape index (κ1) is 16.6. The van der Waals surface area contributed by atoms with Gasteiger partial charge in [-0.1, -0.05) is 0 Å². The van der Waals surface area contributed by atoms with Crippen molar-refractivity contribution < 1.29 is 19.0 Å². The van der Waals surface area contributed by atoms with Gasteiger partial charge >= 0.3 is 5.97 Å². The summed E-state index contributed by atoms with van der Waals surface area (Å²) in [6.45, 7) is 3.34. The second-order valence-electron chi connectivity index (χ2n) is 8.03. The molecule has 1 aliphatic carbocycles. The van der Waals surface area contributed by atoms with Gasteiger partial charge in [0, 0.05) is 30.7 Å². The van der Waals surface area contributed by atoms with Crippen LogP contribution in [0.25, 0.3) is 10.9 Å². The average Bonchev–Trinajstić information content (AvgIpc) is 3.32. The molecule has 2 aliphatic heterocycles. The second kappa shape index (κ2) is 5.22. The largest absolute Gasteiger partial charge is 0.487 e. The molecule has 3 N–H and O–H groups in total. The summed E-state index contributed by atoms with van der Waals surface area (Å²) in [4.78, 5) is 26.0. The van der Waals surface area contributed by atoms with E-state index in [-0.39, 0.29) is 35.1 Å². The van der Waals surface area contributed by atoms with Crippen molar-refractivity contribution in [2.24, 2.45) is 11.1 Å². The van der Waals surface area contributed by atoms with E-state index >= 15 is 4.39 Å². The lowest BCUT2D eigenvalue weighted by Crippen LogP contribution is -2.31. The third-order valence-corrected chi connectivity index (χ3v) is 6.29. The quantitative estimate of drug-likeness (QED) is 0.832. The van der Waals surface area contributed by atoms with Crippen molar-refractivity contribution in [3.63, 3.8) is 0 Å². The van der Waals surface area contributed by atoms with Gasteiger partial charge in [-0.05, 0) is 25.8 Å². The normalized spacial score (nSPS) is 25.1. The standard InChI is InChI=1S/C19H20FN3O4/c1-9-7-27-17-14-10(16(24)11(18(25)26)5-23(9)14)4-12(20)15(17)22-6-13(21)19(8-22)2-3-19/h4-5,9,13H,2-3,6-8,21H2,1H3,(H,25,26)/t9-,13?/m0/s1. The van der Waals surface area contributed by atoms with Crippen molar-refractivity contribution in [1.82, 2.24) is 4.57 Å². The van der Waals surface area contributed by atoms with Crippen LogP contribution in [0, 0.1) is 11.2 Å². The highest BCUT2D eigenvalue weighted by Crippen LogP contribution is 2.54. The number of rotatable bonds is 2. The third kappa shape index (κ3) is 2.16. The van der Waals surface area contributed by atoms with Crippen LogP contribution in [0.15, 0.2) is 17.1 Å². The van der Waals surface area contributed by atoms with E-state index < -0.39 is 17.2 Å². The lowest BCUT2D eigenvalue weighted by molar-refractivity contribution is 0.0694. The van der Waals surface area contributed by atoms with Crippen molar-refractivity contribution in [2.75, 3.05) is 24.6 Å². The number of hydrogen-bond acceptors (Lipinski definition) is 5. The minimum atomic E-state index is -1.32. The highest BCUT2D eigenvalue weighted by molar-refractivity contribution is 5.97. The SMILES string of the molecule is C[C@H]1COc2c(N3CC(N)C4(CC4)C3)c(F)cc3c(=O)c(C(=O)O)cn1c23. The van der Waals surface area contributed by atoms with Crippen molar-refractivity contribution in [1.29, 1.82) is 0 Å². The smallest absolute Gasteiger partial charge is 0.341 e. The van der Waals surface area contributed by atoms with Gasteiger partial charge in [-0.3, -0.25) is 4.79 Å². The van der Waals surface area contributed by atoms with E-state index in [1.807, 2.05) is 11.8 Å². The maximum Gasteiger partial charge on any atom is 0.341 e. The molecular weight excluding hydrogens is 353 g/mol. The predicted octanol–water partition coefficient (Wildman–Crippen LogP) is 1.72. The Morgan fingerprint density at radius 2 is 2.19 bits per heavy atom. The number of pyridine rings is 1. The van der Waals surface area contributed by atoms with Crippen molar-refractivity contribution >= 4 is 22.6 Å². The number of aromatic carboxylic acids is 1. The van der Waals surface area contributed by atoms with Gasteiger partial charge in [-0.2, -0.15) is 0 Å². The lowest BCUT2D eigenvalue weighted by Gasteiger charge is -2.31. The Morgan fingerprint density at radius 3 is 2.81 bits per heavy atom. The molecule has 2 aromatic rings. The summed E-state index contributed by atoms with van der Waals surface area (Å²) < 4.78 is 22.7. The molecule has 142 valence electrons. The Morgan fingerprint density at radius 1 is 1.44 bits per heavy atom. The molecular formula is C19H20FN3O4. The molecule has 1 saturated carbocycles. The number of halogens is 1. The summed E-state index contributed by atoms with van der Waals surface area (Å²) >= 11 is 0. The van der Waals surface area contributed by atoms with E-state index in [1.165, 1.54) is 6.20 Å². The zero-order valence-electron chi connectivity index (χ0n) is 14.9. The fourth-order valence-corrected chi connectivity index (χ4v) is 4.51. The van der Waals surface area contributed by atoms with Gasteiger partial charge in [0.05, 0.1) is 16.9 Å². The molecule has 1 aromatic heterocycles. The van der Waals surface area contributed by atoms with Crippen LogP contribution in [0.4, 0.5) is 10.1 Å². The van der Waals surface area contributed by atoms with Crippen LogP contribution in [0.3, 0.4) is 0 Å². The number of nitrogens with two attached hydrogens (primary N) is 1. The highest BCUT2D eigenvalue weighted by atomic mass is 19.1. The number of benzene rings is 1. The molecule has 1 aromatic carbocycles. The molecule has 8 heteroatoms. The zero-order chi connectivity index (χ0) is 19.1. The minimum absolute atomic E-state index is 0.0149. The molecule has 0 bridgehead atoms. The van der Waals surface area contributed by atoms with Crippen LogP contribution in [-0.4, -0.2) is 41.4 Å². The van der Waals surface area contributed by atoms with Crippen LogP contribution < -0.4 is 20.8 Å². The van der Waals surface area contributed by atoms with Gasteiger partial charge in [0.1, 0.15) is 17.9 Å². The van der Waals surface area contributed by atoms with Gasteiger partial charge < -0.3 is 25.0 Å². The second-order valence-corrected chi connectivity index (χ2v) is 8.03. The molecule has 2 fully saturated rings. The van der Waals surface area contributed by atoms with Gasteiger partial charge in [0.2, 0.25) is 5.43 Å². The van der Waals surface area contributed by atoms with Crippen LogP contribution in [0.5, 0.6) is 5.75 Å². The first-order valence-corrected chi connectivity index (χ1v) is 9.10. The maximum atomic E-state index is 15.1. The van der Waals surface area contributed by atoms with Crippen molar-refractivity contribution in [3.8, 4) is 5.75 Å². The van der Waals surface area contributed by atoms with Gasteiger partial charge in [0.25, 0.3) is 0 Å². The van der Waals surface area contributed by atoms with Crippen LogP contribution in [0.2, 0.25) is 0 Å². The molecule has 1 unspecified atom stereocenters. The number of nitrogens with zero attached hydrogens (tertiary/aromatic N) is 2. The number of aromatic nitrogens is 1. The van der Waals surface area contributed by atoms with E-state index in [0.29, 0.717) is 30.0 Å². The van der Waals surface area contributed by atoms with Crippen molar-refractivity contribution in [3.05, 3.63) is 33.9 Å². The Labute approximate surface area is 154 Å². The number of anilines is 1. The summed E-state index contributed by atoms with van der Waals surface area (Å²) in [6.07, 6.45) is 3.42. The molecule has 1 spiro atoms. The fourth-order valence-electron chi connectivity index (χ4n) is 4.51. The Kier molecular flexibility index (Phi) is 3.20. The van der Waals surface area contributed by atoms with Crippen molar-refractivity contribution in [2.45, 2.75) is 31.8 Å². The highest BCUT2D eigenvalue weighted by Gasteiger charge is 2.54. The first-order chi connectivity index (χ1) is 12.8. The van der Waals surface area contributed by atoms with E-state index in [4.69, 9.17) is 10.5 Å². The van der Waals surface area contributed by atoms with Gasteiger partial charge in [0.15, 0.2) is 11.6 Å². The first-order valence-electron chi connectivity index (χ1n) is 9.10. The minimum Gasteiger partial charge on any atom is -0.487 e. The predicted molar refractivity (Wildman–Crippen MR) is 97.2 cm³/mol. The van der Waals surface area contributed by atoms with Gasteiger partial charge in [-0.15, -0.1) is 0 Å². The molecule has 5 rings (SSSR count). The monoisotopic (exact) mass is 373 g/mol. The number of hydrogen-bond donors (Lipinski definition) is 2. The fraction of sp³-hybridized carbons (Fsp3) is 0.474. The average molecular weight is 373 g/mol. The number of carboxylic acid groups (broad SMARTS) is 1. The summed E-state index contributed by atoms with van der Waals surface area (Å²) in [6, 6.07) is 0.955. The Balaban J connectivity index is 1.78. The topological polar surface area (TPSA) is 97.8 Å². The van der Waals surface area contributed by atoms with Crippen LogP contribution in [-0.2, 0) is 0 Å². The number of carboxylic acids is 1. The lowest BCUT2D eigenvalue weighted by atomic mass is 10.0. The molecule has 1 saturated heterocycles. The Hall–Kier alpha value is -2.61. The van der Waals surface area contributed by atoms with E-state index in [1.54, 1.807) is 4.57 Å². The summed E-state index contributed by atoms with van der Waals surface area (Å²) in [5.41, 5.74) is 6.04. The van der Waals surface area contributed by atoms with E-state index in [9.17, 15) is 14.7 Å². The third-order valence-electron chi connectivity index (χ3n) is 6.29. The summed E-state index contributed by atoms with van der Waals surface area (Å²) in [7, 11) is 0. The molecule has 7 nitrogen and oxygen atoms in total. The molecule has 2 atom stereocenters. The summed E-state index contributed by atoms with van der Waals surface area (Å²) in [5, 5.41) is 9.38. The molecule has 3 heterocycles. The molecule has 0 radical (unpaired) electrons. The number of carbonyl (C=O) groups is 1. The molecule has 27 heavy (non-hydrogen) atoms. The zero-order valence-corrected chi connectivity index (χ0v) is 14.9. The summed E-state index contributed by atoms with van der Waals surface area (Å²) in [5.74, 6) is -1.60. The van der Waals surface area contributed by atoms with Gasteiger partial charge in [-0.25, -0.2) is 9.18 Å². The number of ether oxygens (including phenoxy) is 1. The van der Waals surface area contributed by atoms with E-state index in [0.717, 1.165) is 18.9 Å². The molecule has 3 aliphatic rings. The maximum absolute atomic E-state index is 15.1. The van der Waals surface area contributed by atoms with E-state index in [2.05, 4.69) is 0 Å². The Bertz CT molecular complexity index is 1060. The van der Waals surface area contributed by atoms with Crippen LogP contribution >= 0.6 is 0 Å².